The average Bonchev–Trinajstić information content (AvgIpc) is 2.53. The SMILES string of the molecule is CC(C)=C(C(=O)O)c1ccc2c(c1)CC(=O)N2C. The van der Waals surface area contributed by atoms with Crippen LogP contribution in [0.5, 0.6) is 0 Å². The molecule has 1 aromatic carbocycles. The summed E-state index contributed by atoms with van der Waals surface area (Å²) in [7, 11) is 1.73. The van der Waals surface area contributed by atoms with Gasteiger partial charge in [-0.05, 0) is 37.1 Å². The Hall–Kier alpha value is -2.10. The molecular weight excluding hydrogens is 230 g/mol. The number of carbonyl (C=O) groups excluding carboxylic acids is 1. The van der Waals surface area contributed by atoms with Gasteiger partial charge in [0.15, 0.2) is 0 Å². The van der Waals surface area contributed by atoms with E-state index >= 15 is 0 Å². The van der Waals surface area contributed by atoms with Crippen molar-refractivity contribution in [3.63, 3.8) is 0 Å². The molecule has 1 aliphatic rings. The standard InChI is InChI=1S/C14H15NO3/c1-8(2)13(14(17)18)9-4-5-11-10(6-9)7-12(16)15(11)3/h4-6H,7H2,1-3H3,(H,17,18). The first-order valence-corrected chi connectivity index (χ1v) is 5.72. The Morgan fingerprint density at radius 1 is 1.33 bits per heavy atom. The Morgan fingerprint density at radius 3 is 2.56 bits per heavy atom. The molecule has 0 saturated carbocycles. The molecule has 2 rings (SSSR count). The number of hydrogen-bond donors (Lipinski definition) is 1. The van der Waals surface area contributed by atoms with Crippen molar-refractivity contribution in [1.82, 2.24) is 0 Å². The molecule has 0 saturated heterocycles. The van der Waals surface area contributed by atoms with Gasteiger partial charge in [0, 0.05) is 12.7 Å². The highest BCUT2D eigenvalue weighted by molar-refractivity contribution is 6.16. The van der Waals surface area contributed by atoms with Gasteiger partial charge in [-0.2, -0.15) is 0 Å². The number of carboxylic acids is 1. The molecule has 4 nitrogen and oxygen atoms in total. The van der Waals surface area contributed by atoms with E-state index in [0.29, 0.717) is 17.6 Å². The van der Waals surface area contributed by atoms with Crippen molar-refractivity contribution in [2.24, 2.45) is 0 Å². The fourth-order valence-corrected chi connectivity index (χ4v) is 2.25. The van der Waals surface area contributed by atoms with Crippen molar-refractivity contribution in [3.05, 3.63) is 34.9 Å². The summed E-state index contributed by atoms with van der Waals surface area (Å²) in [5.74, 6) is -0.899. The number of nitrogens with zero attached hydrogens (tertiary/aromatic N) is 1. The van der Waals surface area contributed by atoms with Gasteiger partial charge in [0.2, 0.25) is 5.91 Å². The predicted molar refractivity (Wildman–Crippen MR) is 69.5 cm³/mol. The minimum atomic E-state index is -0.937. The lowest BCUT2D eigenvalue weighted by Gasteiger charge is -2.11. The van der Waals surface area contributed by atoms with Crippen LogP contribution in [0.15, 0.2) is 23.8 Å². The van der Waals surface area contributed by atoms with Gasteiger partial charge >= 0.3 is 5.97 Å². The number of allylic oxidation sites excluding steroid dienone is 1. The van der Waals surface area contributed by atoms with Crippen LogP contribution in [-0.2, 0) is 16.0 Å². The summed E-state index contributed by atoms with van der Waals surface area (Å²) in [6, 6.07) is 5.36. The lowest BCUT2D eigenvalue weighted by atomic mass is 9.98. The molecule has 1 aliphatic heterocycles. The molecule has 1 N–H and O–H groups in total. The van der Waals surface area contributed by atoms with E-state index in [0.717, 1.165) is 16.8 Å². The van der Waals surface area contributed by atoms with Gasteiger partial charge in [0.05, 0.1) is 12.0 Å². The molecule has 0 bridgehead atoms. The second kappa shape index (κ2) is 4.29. The summed E-state index contributed by atoms with van der Waals surface area (Å²) in [5, 5.41) is 9.21. The van der Waals surface area contributed by atoms with Crippen molar-refractivity contribution in [1.29, 1.82) is 0 Å². The molecule has 0 spiro atoms. The fourth-order valence-electron chi connectivity index (χ4n) is 2.25. The number of hydrogen-bond acceptors (Lipinski definition) is 2. The monoisotopic (exact) mass is 245 g/mol. The minimum absolute atomic E-state index is 0.0382. The molecular formula is C14H15NO3. The number of likely N-dealkylation sites (N-methyl/N-ethyl adjacent to an activating group) is 1. The first-order valence-electron chi connectivity index (χ1n) is 5.72. The van der Waals surface area contributed by atoms with E-state index in [1.807, 2.05) is 0 Å². The van der Waals surface area contributed by atoms with Crippen LogP contribution in [0.2, 0.25) is 0 Å². The van der Waals surface area contributed by atoms with Crippen LogP contribution in [0.3, 0.4) is 0 Å². The molecule has 1 amide bonds. The number of amides is 1. The molecule has 4 heteroatoms. The van der Waals surface area contributed by atoms with E-state index in [1.165, 1.54) is 0 Å². The summed E-state index contributed by atoms with van der Waals surface area (Å²) in [6.45, 7) is 3.54. The smallest absolute Gasteiger partial charge is 0.336 e. The van der Waals surface area contributed by atoms with Crippen molar-refractivity contribution < 1.29 is 14.7 Å². The van der Waals surface area contributed by atoms with Gasteiger partial charge in [-0.3, -0.25) is 4.79 Å². The topological polar surface area (TPSA) is 57.6 Å². The highest BCUT2D eigenvalue weighted by Gasteiger charge is 2.25. The molecule has 0 fully saturated rings. The molecule has 0 atom stereocenters. The minimum Gasteiger partial charge on any atom is -0.478 e. The Morgan fingerprint density at radius 2 is 2.00 bits per heavy atom. The van der Waals surface area contributed by atoms with E-state index in [2.05, 4.69) is 0 Å². The van der Waals surface area contributed by atoms with Crippen LogP contribution in [0.1, 0.15) is 25.0 Å². The second-order valence-corrected chi connectivity index (χ2v) is 4.65. The van der Waals surface area contributed by atoms with Crippen LogP contribution in [0.25, 0.3) is 5.57 Å². The van der Waals surface area contributed by atoms with Crippen molar-refractivity contribution in [3.8, 4) is 0 Å². The quantitative estimate of drug-likeness (QED) is 0.811. The number of aliphatic carboxylic acids is 1. The molecule has 0 aromatic heterocycles. The average molecular weight is 245 g/mol. The third kappa shape index (κ3) is 1.90. The normalized spacial score (nSPS) is 13.5. The van der Waals surface area contributed by atoms with Gasteiger partial charge in [0.1, 0.15) is 0 Å². The molecule has 0 unspecified atom stereocenters. The largest absolute Gasteiger partial charge is 0.478 e. The first kappa shape index (κ1) is 12.4. The Labute approximate surface area is 106 Å². The first-order chi connectivity index (χ1) is 8.41. The molecule has 94 valence electrons. The number of carboxylic acid groups (broad SMARTS) is 1. The van der Waals surface area contributed by atoms with Crippen LogP contribution < -0.4 is 4.90 Å². The van der Waals surface area contributed by atoms with Gasteiger partial charge in [-0.1, -0.05) is 11.6 Å². The number of anilines is 1. The summed E-state index contributed by atoms with van der Waals surface area (Å²) < 4.78 is 0. The highest BCUT2D eigenvalue weighted by atomic mass is 16.4. The van der Waals surface area contributed by atoms with Crippen molar-refractivity contribution in [2.45, 2.75) is 20.3 Å². The summed E-state index contributed by atoms with van der Waals surface area (Å²) in [6.07, 6.45) is 0.343. The number of benzene rings is 1. The van der Waals surface area contributed by atoms with E-state index in [-0.39, 0.29) is 5.91 Å². The third-order valence-corrected chi connectivity index (χ3v) is 3.16. The predicted octanol–water partition coefficient (Wildman–Crippen LogP) is 2.08. The number of fused-ring (bicyclic) bond motifs is 1. The summed E-state index contributed by atoms with van der Waals surface area (Å²) >= 11 is 0. The molecule has 0 radical (unpaired) electrons. The highest BCUT2D eigenvalue weighted by Crippen LogP contribution is 2.31. The van der Waals surface area contributed by atoms with Crippen LogP contribution >= 0.6 is 0 Å². The van der Waals surface area contributed by atoms with Gasteiger partial charge in [-0.25, -0.2) is 4.79 Å². The third-order valence-electron chi connectivity index (χ3n) is 3.16. The van der Waals surface area contributed by atoms with Crippen LogP contribution in [0.4, 0.5) is 5.69 Å². The summed E-state index contributed by atoms with van der Waals surface area (Å²) in [5.41, 5.74) is 3.46. The van der Waals surface area contributed by atoms with Crippen LogP contribution in [-0.4, -0.2) is 24.0 Å². The maximum atomic E-state index is 11.6. The van der Waals surface area contributed by atoms with E-state index < -0.39 is 5.97 Å². The Bertz CT molecular complexity index is 568. The van der Waals surface area contributed by atoms with Gasteiger partial charge in [0.25, 0.3) is 0 Å². The summed E-state index contributed by atoms with van der Waals surface area (Å²) in [4.78, 5) is 24.4. The van der Waals surface area contributed by atoms with Crippen molar-refractivity contribution >= 4 is 23.1 Å². The molecule has 1 heterocycles. The Kier molecular flexibility index (Phi) is 2.95. The van der Waals surface area contributed by atoms with E-state index in [1.54, 1.807) is 44.0 Å². The molecule has 18 heavy (non-hydrogen) atoms. The fraction of sp³-hybridized carbons (Fsp3) is 0.286. The van der Waals surface area contributed by atoms with Gasteiger partial charge in [-0.15, -0.1) is 0 Å². The lowest BCUT2D eigenvalue weighted by Crippen LogP contribution is -2.20. The van der Waals surface area contributed by atoms with E-state index in [9.17, 15) is 14.7 Å². The lowest BCUT2D eigenvalue weighted by molar-refractivity contribution is -0.130. The molecule has 1 aromatic rings. The zero-order valence-corrected chi connectivity index (χ0v) is 10.7. The van der Waals surface area contributed by atoms with Crippen molar-refractivity contribution in [2.75, 3.05) is 11.9 Å². The van der Waals surface area contributed by atoms with E-state index in [4.69, 9.17) is 0 Å². The molecule has 0 aliphatic carbocycles. The maximum Gasteiger partial charge on any atom is 0.336 e. The maximum absolute atomic E-state index is 11.6. The second-order valence-electron chi connectivity index (χ2n) is 4.65. The zero-order chi connectivity index (χ0) is 13.4. The number of carbonyl (C=O) groups is 2. The van der Waals surface area contributed by atoms with Crippen LogP contribution in [0, 0.1) is 0 Å². The zero-order valence-electron chi connectivity index (χ0n) is 10.7. The number of rotatable bonds is 2. The Balaban J connectivity index is 2.52. The van der Waals surface area contributed by atoms with Gasteiger partial charge < -0.3 is 10.0 Å².